The highest BCUT2D eigenvalue weighted by molar-refractivity contribution is 5.69. The molecule has 0 aliphatic heterocycles. The second-order valence-corrected chi connectivity index (χ2v) is 2.52. The monoisotopic (exact) mass is 156 g/mol. The van der Waals surface area contributed by atoms with Crippen LogP contribution in [0.2, 0.25) is 0 Å². The average Bonchev–Trinajstić information content (AvgIpc) is 1.86. The van der Waals surface area contributed by atoms with Crippen LogP contribution in [0.1, 0.15) is 13.3 Å². The van der Waals surface area contributed by atoms with Crippen LogP contribution >= 0.6 is 0 Å². The quantitative estimate of drug-likeness (QED) is 0.636. The molecule has 0 radical (unpaired) electrons. The van der Waals surface area contributed by atoms with E-state index < -0.39 is 5.97 Å². The first-order valence-corrected chi connectivity index (χ1v) is 3.37. The van der Waals surface area contributed by atoms with Gasteiger partial charge < -0.3 is 5.11 Å². The van der Waals surface area contributed by atoms with Crippen LogP contribution in [-0.4, -0.2) is 35.6 Å². The molecule has 0 fully saturated rings. The predicted molar refractivity (Wildman–Crippen MR) is 40.0 cm³/mol. The van der Waals surface area contributed by atoms with Crippen molar-refractivity contribution in [2.45, 2.75) is 19.4 Å². The highest BCUT2D eigenvalue weighted by atomic mass is 16.4. The molecule has 11 heavy (non-hydrogen) atoms. The van der Waals surface area contributed by atoms with Gasteiger partial charge in [-0.25, -0.2) is 0 Å². The third-order valence-electron chi connectivity index (χ3n) is 1.52. The van der Waals surface area contributed by atoms with E-state index in [1.807, 2.05) is 13.0 Å². The summed E-state index contributed by atoms with van der Waals surface area (Å²) >= 11 is 0. The molecule has 0 spiro atoms. The molecule has 4 heteroatoms. The first-order valence-electron chi connectivity index (χ1n) is 3.37. The van der Waals surface area contributed by atoms with E-state index in [0.717, 1.165) is 0 Å². The largest absolute Gasteiger partial charge is 0.480 e. The van der Waals surface area contributed by atoms with E-state index in [9.17, 15) is 4.79 Å². The van der Waals surface area contributed by atoms with Gasteiger partial charge in [0.15, 0.2) is 0 Å². The molecule has 1 unspecified atom stereocenters. The molecule has 0 heterocycles. The number of carbonyl (C=O) groups is 1. The van der Waals surface area contributed by atoms with Crippen LogP contribution in [-0.2, 0) is 4.79 Å². The molecular formula is C7H12N2O2. The third kappa shape index (κ3) is 4.34. The minimum Gasteiger partial charge on any atom is -0.480 e. The molecule has 0 aromatic heterocycles. The molecule has 0 rings (SSSR count). The maximum absolute atomic E-state index is 10.2. The fourth-order valence-corrected chi connectivity index (χ4v) is 0.657. The fraction of sp³-hybridized carbons (Fsp3) is 0.714. The van der Waals surface area contributed by atoms with E-state index in [2.05, 4.69) is 0 Å². The van der Waals surface area contributed by atoms with Crippen molar-refractivity contribution in [3.05, 3.63) is 0 Å². The van der Waals surface area contributed by atoms with E-state index in [1.54, 1.807) is 11.9 Å². The van der Waals surface area contributed by atoms with Gasteiger partial charge in [-0.2, -0.15) is 5.26 Å². The standard InChI is InChI=1S/C7H12N2O2/c1-6(3-4-8)9(2)5-7(10)11/h6H,3,5H2,1-2H3,(H,10,11). The lowest BCUT2D eigenvalue weighted by molar-refractivity contribution is -0.138. The highest BCUT2D eigenvalue weighted by Gasteiger charge is 2.10. The molecule has 62 valence electrons. The second kappa shape index (κ2) is 4.69. The fourth-order valence-electron chi connectivity index (χ4n) is 0.657. The van der Waals surface area contributed by atoms with Crippen molar-refractivity contribution in [2.24, 2.45) is 0 Å². The van der Waals surface area contributed by atoms with Gasteiger partial charge in [0.2, 0.25) is 0 Å². The van der Waals surface area contributed by atoms with Gasteiger partial charge in [-0.3, -0.25) is 9.69 Å². The van der Waals surface area contributed by atoms with Crippen molar-refractivity contribution in [3.8, 4) is 6.07 Å². The van der Waals surface area contributed by atoms with Crippen molar-refractivity contribution in [1.29, 1.82) is 5.26 Å². The SMILES string of the molecule is CC(CC#N)N(C)CC(=O)O. The molecule has 0 bridgehead atoms. The number of carboxylic acid groups (broad SMARTS) is 1. The normalized spacial score (nSPS) is 12.5. The van der Waals surface area contributed by atoms with Crippen LogP contribution in [0.5, 0.6) is 0 Å². The number of likely N-dealkylation sites (N-methyl/N-ethyl adjacent to an activating group) is 1. The van der Waals surface area contributed by atoms with Gasteiger partial charge in [0, 0.05) is 6.04 Å². The van der Waals surface area contributed by atoms with Gasteiger partial charge in [0.05, 0.1) is 19.0 Å². The van der Waals surface area contributed by atoms with Crippen molar-refractivity contribution in [1.82, 2.24) is 4.90 Å². The van der Waals surface area contributed by atoms with Gasteiger partial charge in [0.25, 0.3) is 0 Å². The van der Waals surface area contributed by atoms with Crippen molar-refractivity contribution < 1.29 is 9.90 Å². The molecule has 1 N–H and O–H groups in total. The Balaban J connectivity index is 3.74. The number of hydrogen-bond donors (Lipinski definition) is 1. The van der Waals surface area contributed by atoms with Crippen LogP contribution in [0, 0.1) is 11.3 Å². The summed E-state index contributed by atoms with van der Waals surface area (Å²) in [6, 6.07) is 2.00. The molecule has 1 atom stereocenters. The Morgan fingerprint density at radius 2 is 2.36 bits per heavy atom. The maximum Gasteiger partial charge on any atom is 0.317 e. The lowest BCUT2D eigenvalue weighted by atomic mass is 10.2. The summed E-state index contributed by atoms with van der Waals surface area (Å²) in [5, 5.41) is 16.7. The number of nitriles is 1. The molecule has 0 amide bonds. The third-order valence-corrected chi connectivity index (χ3v) is 1.52. The van der Waals surface area contributed by atoms with Gasteiger partial charge in [0.1, 0.15) is 0 Å². The maximum atomic E-state index is 10.2. The summed E-state index contributed by atoms with van der Waals surface area (Å²) in [5.41, 5.74) is 0. The zero-order valence-electron chi connectivity index (χ0n) is 6.74. The molecule has 4 nitrogen and oxygen atoms in total. The molecule has 0 aliphatic carbocycles. The van der Waals surface area contributed by atoms with E-state index in [4.69, 9.17) is 10.4 Å². The van der Waals surface area contributed by atoms with Crippen LogP contribution in [0.4, 0.5) is 0 Å². The number of hydrogen-bond acceptors (Lipinski definition) is 3. The topological polar surface area (TPSA) is 64.3 Å². The molecular weight excluding hydrogens is 144 g/mol. The summed E-state index contributed by atoms with van der Waals surface area (Å²) in [6.07, 6.45) is 0.365. The minimum absolute atomic E-state index is 0.0103. The summed E-state index contributed by atoms with van der Waals surface area (Å²) in [6.45, 7) is 1.81. The van der Waals surface area contributed by atoms with Gasteiger partial charge in [-0.05, 0) is 14.0 Å². The van der Waals surface area contributed by atoms with Crippen LogP contribution < -0.4 is 0 Å². The van der Waals surface area contributed by atoms with Gasteiger partial charge >= 0.3 is 5.97 Å². The molecule has 0 aromatic rings. The molecule has 0 aromatic carbocycles. The van der Waals surface area contributed by atoms with E-state index in [-0.39, 0.29) is 12.6 Å². The zero-order chi connectivity index (χ0) is 8.85. The average molecular weight is 156 g/mol. The highest BCUT2D eigenvalue weighted by Crippen LogP contribution is 1.98. The lowest BCUT2D eigenvalue weighted by Gasteiger charge is -2.19. The predicted octanol–water partition coefficient (Wildman–Crippen LogP) is 0.305. The lowest BCUT2D eigenvalue weighted by Crippen LogP contribution is -2.33. The van der Waals surface area contributed by atoms with Crippen LogP contribution in [0.3, 0.4) is 0 Å². The first-order chi connectivity index (χ1) is 5.07. The molecule has 0 saturated heterocycles. The minimum atomic E-state index is -0.864. The van der Waals surface area contributed by atoms with Crippen molar-refractivity contribution >= 4 is 5.97 Å². The molecule has 0 saturated carbocycles. The summed E-state index contributed by atoms with van der Waals surface area (Å²) in [5.74, 6) is -0.864. The van der Waals surface area contributed by atoms with Gasteiger partial charge in [-0.15, -0.1) is 0 Å². The Morgan fingerprint density at radius 3 is 2.73 bits per heavy atom. The smallest absolute Gasteiger partial charge is 0.317 e. The van der Waals surface area contributed by atoms with Crippen molar-refractivity contribution in [2.75, 3.05) is 13.6 Å². The Hall–Kier alpha value is -1.08. The molecule has 0 aliphatic rings. The van der Waals surface area contributed by atoms with Crippen LogP contribution in [0.15, 0.2) is 0 Å². The van der Waals surface area contributed by atoms with E-state index >= 15 is 0 Å². The van der Waals surface area contributed by atoms with Gasteiger partial charge in [-0.1, -0.05) is 0 Å². The van der Waals surface area contributed by atoms with E-state index in [0.29, 0.717) is 6.42 Å². The number of nitrogens with zero attached hydrogens (tertiary/aromatic N) is 2. The second-order valence-electron chi connectivity index (χ2n) is 2.52. The Morgan fingerprint density at radius 1 is 1.82 bits per heavy atom. The Kier molecular flexibility index (Phi) is 4.23. The summed E-state index contributed by atoms with van der Waals surface area (Å²) < 4.78 is 0. The van der Waals surface area contributed by atoms with E-state index in [1.165, 1.54) is 0 Å². The number of rotatable bonds is 4. The Bertz CT molecular complexity index is 174. The Labute approximate surface area is 66.0 Å². The summed E-state index contributed by atoms with van der Waals surface area (Å²) in [7, 11) is 1.69. The first kappa shape index (κ1) is 9.92. The number of carboxylic acids is 1. The number of aliphatic carboxylic acids is 1. The van der Waals surface area contributed by atoms with Crippen molar-refractivity contribution in [3.63, 3.8) is 0 Å². The zero-order valence-corrected chi connectivity index (χ0v) is 6.74. The summed E-state index contributed by atoms with van der Waals surface area (Å²) in [4.78, 5) is 11.8. The van der Waals surface area contributed by atoms with Crippen LogP contribution in [0.25, 0.3) is 0 Å².